The molecule has 2 rings (SSSR count). The van der Waals surface area contributed by atoms with Crippen molar-refractivity contribution >= 4 is 0 Å². The van der Waals surface area contributed by atoms with E-state index in [-0.39, 0.29) is 0 Å². The lowest BCUT2D eigenvalue weighted by atomic mass is 10.1. The molecule has 18 heavy (non-hydrogen) atoms. The van der Waals surface area contributed by atoms with Crippen molar-refractivity contribution in [1.82, 2.24) is 15.3 Å². The molecule has 0 radical (unpaired) electrons. The van der Waals surface area contributed by atoms with Gasteiger partial charge in [0.1, 0.15) is 0 Å². The summed E-state index contributed by atoms with van der Waals surface area (Å²) in [6, 6.07) is 8.27. The smallest absolute Gasteiger partial charge is 0.159 e. The molecule has 1 aromatic heterocycles. The van der Waals surface area contributed by atoms with Gasteiger partial charge in [0.05, 0.1) is 0 Å². The minimum absolute atomic E-state index is 0.786. The highest BCUT2D eigenvalue weighted by atomic mass is 14.9. The van der Waals surface area contributed by atoms with Gasteiger partial charge < -0.3 is 5.32 Å². The van der Waals surface area contributed by atoms with Crippen LogP contribution in [0.15, 0.2) is 36.7 Å². The zero-order chi connectivity index (χ0) is 12.8. The number of rotatable bonds is 5. The van der Waals surface area contributed by atoms with Gasteiger partial charge in [0, 0.05) is 30.1 Å². The molecule has 0 aliphatic rings. The molecular formula is C15H19N3. The molecule has 0 atom stereocenters. The van der Waals surface area contributed by atoms with Gasteiger partial charge in [-0.15, -0.1) is 0 Å². The quantitative estimate of drug-likeness (QED) is 0.818. The zero-order valence-corrected chi connectivity index (χ0v) is 11.0. The molecule has 3 heteroatoms. The number of aromatic nitrogens is 2. The van der Waals surface area contributed by atoms with Crippen LogP contribution < -0.4 is 5.32 Å². The van der Waals surface area contributed by atoms with Gasteiger partial charge in [0.2, 0.25) is 0 Å². The Balaban J connectivity index is 2.05. The summed E-state index contributed by atoms with van der Waals surface area (Å²) in [7, 11) is 0. The van der Waals surface area contributed by atoms with E-state index in [0.717, 1.165) is 36.5 Å². The topological polar surface area (TPSA) is 37.8 Å². The summed E-state index contributed by atoms with van der Waals surface area (Å²) in [6.07, 6.45) is 4.93. The maximum absolute atomic E-state index is 4.41. The molecule has 1 heterocycles. The summed E-state index contributed by atoms with van der Waals surface area (Å²) in [5.41, 5.74) is 3.44. The Morgan fingerprint density at radius 1 is 1.06 bits per heavy atom. The molecule has 0 saturated carbocycles. The van der Waals surface area contributed by atoms with E-state index in [4.69, 9.17) is 0 Å². The van der Waals surface area contributed by atoms with Gasteiger partial charge >= 0.3 is 0 Å². The van der Waals surface area contributed by atoms with Crippen molar-refractivity contribution in [2.75, 3.05) is 6.54 Å². The fourth-order valence-corrected chi connectivity index (χ4v) is 1.71. The number of benzene rings is 1. The van der Waals surface area contributed by atoms with Gasteiger partial charge in [-0.1, -0.05) is 36.8 Å². The van der Waals surface area contributed by atoms with Crippen molar-refractivity contribution in [1.29, 1.82) is 0 Å². The predicted molar refractivity (Wildman–Crippen MR) is 74.2 cm³/mol. The molecular weight excluding hydrogens is 222 g/mol. The Morgan fingerprint density at radius 2 is 1.72 bits per heavy atom. The number of aryl methyl sites for hydroxylation is 1. The second-order valence-corrected chi connectivity index (χ2v) is 4.46. The van der Waals surface area contributed by atoms with E-state index in [1.807, 2.05) is 12.4 Å². The van der Waals surface area contributed by atoms with Crippen LogP contribution in [0, 0.1) is 6.92 Å². The van der Waals surface area contributed by atoms with Crippen LogP contribution in [0.1, 0.15) is 24.5 Å². The van der Waals surface area contributed by atoms with E-state index in [0.29, 0.717) is 0 Å². The normalized spacial score (nSPS) is 10.6. The van der Waals surface area contributed by atoms with Crippen LogP contribution in [0.3, 0.4) is 0 Å². The minimum Gasteiger partial charge on any atom is -0.313 e. The average Bonchev–Trinajstić information content (AvgIpc) is 2.41. The summed E-state index contributed by atoms with van der Waals surface area (Å²) in [6.45, 7) is 6.10. The lowest BCUT2D eigenvalue weighted by molar-refractivity contribution is 0.672. The third kappa shape index (κ3) is 3.37. The predicted octanol–water partition coefficient (Wildman–Crippen LogP) is 2.95. The maximum atomic E-state index is 4.41. The highest BCUT2D eigenvalue weighted by molar-refractivity contribution is 5.54. The van der Waals surface area contributed by atoms with Crippen LogP contribution >= 0.6 is 0 Å². The summed E-state index contributed by atoms with van der Waals surface area (Å²) < 4.78 is 0. The fourth-order valence-electron chi connectivity index (χ4n) is 1.71. The molecule has 1 aromatic carbocycles. The third-order valence-electron chi connectivity index (χ3n) is 2.77. The Kier molecular flexibility index (Phi) is 4.42. The van der Waals surface area contributed by atoms with Gasteiger partial charge in [-0.3, -0.25) is 0 Å². The number of nitrogens with one attached hydrogen (secondary N) is 1. The molecule has 3 nitrogen and oxygen atoms in total. The van der Waals surface area contributed by atoms with Crippen molar-refractivity contribution < 1.29 is 0 Å². The van der Waals surface area contributed by atoms with Gasteiger partial charge in [0.15, 0.2) is 5.82 Å². The standard InChI is InChI=1S/C15H19N3/c1-3-8-16-9-13-10-17-15(18-11-13)14-6-4-12(2)5-7-14/h4-7,10-11,16H,3,8-9H2,1-2H3. The third-order valence-corrected chi connectivity index (χ3v) is 2.77. The number of nitrogens with zero attached hydrogens (tertiary/aromatic N) is 2. The minimum atomic E-state index is 0.786. The molecule has 0 bridgehead atoms. The second-order valence-electron chi connectivity index (χ2n) is 4.46. The molecule has 0 spiro atoms. The SMILES string of the molecule is CCCNCc1cnc(-c2ccc(C)cc2)nc1. The monoisotopic (exact) mass is 241 g/mol. The Hall–Kier alpha value is -1.74. The lowest BCUT2D eigenvalue weighted by Crippen LogP contribution is -2.14. The van der Waals surface area contributed by atoms with E-state index >= 15 is 0 Å². The molecule has 2 aromatic rings. The van der Waals surface area contributed by atoms with E-state index in [9.17, 15) is 0 Å². The van der Waals surface area contributed by atoms with Crippen molar-refractivity contribution in [3.63, 3.8) is 0 Å². The first-order chi connectivity index (χ1) is 8.79. The van der Waals surface area contributed by atoms with E-state index in [1.165, 1.54) is 5.56 Å². The van der Waals surface area contributed by atoms with Crippen molar-refractivity contribution in [3.8, 4) is 11.4 Å². The van der Waals surface area contributed by atoms with Gasteiger partial charge in [-0.05, 0) is 19.9 Å². The van der Waals surface area contributed by atoms with Gasteiger partial charge in [-0.25, -0.2) is 9.97 Å². The first-order valence-electron chi connectivity index (χ1n) is 6.38. The Morgan fingerprint density at radius 3 is 2.33 bits per heavy atom. The van der Waals surface area contributed by atoms with Crippen molar-refractivity contribution in [2.24, 2.45) is 0 Å². The van der Waals surface area contributed by atoms with Crippen LogP contribution in [-0.4, -0.2) is 16.5 Å². The molecule has 0 fully saturated rings. The number of hydrogen-bond donors (Lipinski definition) is 1. The summed E-state index contributed by atoms with van der Waals surface area (Å²) in [5, 5.41) is 3.34. The highest BCUT2D eigenvalue weighted by Crippen LogP contribution is 2.14. The lowest BCUT2D eigenvalue weighted by Gasteiger charge is -2.04. The van der Waals surface area contributed by atoms with E-state index in [2.05, 4.69) is 53.4 Å². The van der Waals surface area contributed by atoms with Gasteiger partial charge in [0.25, 0.3) is 0 Å². The molecule has 0 saturated heterocycles. The van der Waals surface area contributed by atoms with Crippen LogP contribution in [0.4, 0.5) is 0 Å². The van der Waals surface area contributed by atoms with Crippen LogP contribution in [0.2, 0.25) is 0 Å². The molecule has 0 aliphatic carbocycles. The molecule has 94 valence electrons. The largest absolute Gasteiger partial charge is 0.313 e. The summed E-state index contributed by atoms with van der Waals surface area (Å²) >= 11 is 0. The fraction of sp³-hybridized carbons (Fsp3) is 0.333. The first-order valence-corrected chi connectivity index (χ1v) is 6.38. The summed E-state index contributed by atoms with van der Waals surface area (Å²) in [4.78, 5) is 8.81. The van der Waals surface area contributed by atoms with Crippen molar-refractivity contribution in [2.45, 2.75) is 26.8 Å². The molecule has 0 aliphatic heterocycles. The highest BCUT2D eigenvalue weighted by Gasteiger charge is 2.00. The molecule has 0 unspecified atom stereocenters. The number of hydrogen-bond acceptors (Lipinski definition) is 3. The zero-order valence-electron chi connectivity index (χ0n) is 11.0. The maximum Gasteiger partial charge on any atom is 0.159 e. The molecule has 0 amide bonds. The Bertz CT molecular complexity index is 474. The summed E-state index contributed by atoms with van der Waals surface area (Å²) in [5.74, 6) is 0.786. The van der Waals surface area contributed by atoms with E-state index in [1.54, 1.807) is 0 Å². The second kappa shape index (κ2) is 6.26. The van der Waals surface area contributed by atoms with Crippen molar-refractivity contribution in [3.05, 3.63) is 47.8 Å². The van der Waals surface area contributed by atoms with E-state index < -0.39 is 0 Å². The van der Waals surface area contributed by atoms with Crippen LogP contribution in [0.5, 0.6) is 0 Å². The molecule has 1 N–H and O–H groups in total. The first kappa shape index (κ1) is 12.7. The van der Waals surface area contributed by atoms with Gasteiger partial charge in [-0.2, -0.15) is 0 Å². The van der Waals surface area contributed by atoms with Crippen LogP contribution in [0.25, 0.3) is 11.4 Å². The average molecular weight is 241 g/mol. The van der Waals surface area contributed by atoms with Crippen LogP contribution in [-0.2, 0) is 6.54 Å². The Labute approximate surface area is 108 Å².